The molecule has 0 unspecified atom stereocenters. The quantitative estimate of drug-likeness (QED) is 0.339. The Morgan fingerprint density at radius 3 is 1.11 bits per heavy atom. The maximum Gasteiger partial charge on any atom is 2.00 e. The second kappa shape index (κ2) is 22.8. The van der Waals surface area contributed by atoms with Gasteiger partial charge in [-0.25, -0.2) is 0 Å². The monoisotopic (exact) mass is 184 g/mol. The Morgan fingerprint density at radius 2 is 1.00 bits per heavy atom. The molecule has 0 spiro atoms. The Kier molecular flexibility index (Phi) is 56.9. The van der Waals surface area contributed by atoms with E-state index < -0.39 is 0 Å². The molecule has 0 radical (unpaired) electrons. The van der Waals surface area contributed by atoms with E-state index in [0.717, 1.165) is 12.8 Å². The van der Waals surface area contributed by atoms with E-state index in [2.05, 4.69) is 0 Å². The number of rotatable bonds is 3. The zero-order chi connectivity index (χ0) is 4.83. The molecule has 5 heteroatoms. The first-order valence-corrected chi connectivity index (χ1v) is 2.13. The van der Waals surface area contributed by atoms with Crippen LogP contribution in [0.15, 0.2) is 0 Å². The van der Waals surface area contributed by atoms with Gasteiger partial charge in [0.1, 0.15) is 0 Å². The van der Waals surface area contributed by atoms with Gasteiger partial charge < -0.3 is 35.0 Å². The fourth-order valence-corrected chi connectivity index (χ4v) is 0.224. The summed E-state index contributed by atoms with van der Waals surface area (Å²) in [5, 5.41) is 16.2. The summed E-state index contributed by atoms with van der Waals surface area (Å²) >= 11 is 0. The zero-order valence-corrected chi connectivity index (χ0v) is 8.11. The molecule has 0 amide bonds. The van der Waals surface area contributed by atoms with Gasteiger partial charge >= 0.3 is 23.1 Å². The smallest absolute Gasteiger partial charge is 1.00 e. The normalized spacial score (nSPS) is 6.00. The van der Waals surface area contributed by atoms with Crippen LogP contribution in [0.4, 0.5) is 0 Å². The van der Waals surface area contributed by atoms with Crippen LogP contribution in [0.1, 0.15) is 12.8 Å². The second-order valence-electron chi connectivity index (χ2n) is 1.15. The van der Waals surface area contributed by atoms with Crippen LogP contribution in [0.5, 0.6) is 0 Å². The van der Waals surface area contributed by atoms with Crippen molar-refractivity contribution in [3.05, 3.63) is 0 Å². The molecule has 2 nitrogen and oxygen atoms in total. The van der Waals surface area contributed by atoms with Gasteiger partial charge in [-0.1, -0.05) is 0 Å². The summed E-state index contributed by atoms with van der Waals surface area (Å²) in [6.45, 7) is 0.390. The van der Waals surface area contributed by atoms with Crippen molar-refractivity contribution in [2.45, 2.75) is 12.8 Å². The van der Waals surface area contributed by atoms with Gasteiger partial charge in [0.15, 0.2) is 0 Å². The van der Waals surface area contributed by atoms with Crippen LogP contribution >= 0.6 is 0 Å². The number of unbranched alkanes of at least 4 members (excludes halogenated alkanes) is 1. The summed E-state index contributed by atoms with van der Waals surface area (Å²) in [6.07, 6.45) is 1.44. The molecule has 0 aromatic carbocycles. The van der Waals surface area contributed by atoms with Crippen molar-refractivity contribution in [2.24, 2.45) is 0 Å². The van der Waals surface area contributed by atoms with Gasteiger partial charge in [-0.2, -0.15) is 0 Å². The average Bonchev–Trinajstić information content (AvgIpc) is 1.61. The molecule has 0 aromatic heterocycles. The fourth-order valence-electron chi connectivity index (χ4n) is 0.224. The Labute approximate surface area is 84.0 Å². The number of hydrogen-bond donors (Lipinski definition) is 2. The van der Waals surface area contributed by atoms with Gasteiger partial charge in [-0.15, -0.1) is 0 Å². The molecular formula is C4H10Cl2MgO2. The van der Waals surface area contributed by atoms with Crippen molar-refractivity contribution in [3.8, 4) is 0 Å². The maximum absolute atomic E-state index is 8.09. The summed E-state index contributed by atoms with van der Waals surface area (Å²) in [5.74, 6) is 0. The first-order valence-electron chi connectivity index (χ1n) is 2.13. The first-order chi connectivity index (χ1) is 2.91. The van der Waals surface area contributed by atoms with E-state index >= 15 is 0 Å². The van der Waals surface area contributed by atoms with E-state index in [4.69, 9.17) is 10.2 Å². The van der Waals surface area contributed by atoms with Crippen LogP contribution in [0, 0.1) is 0 Å². The van der Waals surface area contributed by atoms with Gasteiger partial charge in [0.2, 0.25) is 0 Å². The third-order valence-corrected chi connectivity index (χ3v) is 0.566. The third kappa shape index (κ3) is 26.9. The van der Waals surface area contributed by atoms with Crippen LogP contribution in [0.25, 0.3) is 0 Å². The van der Waals surface area contributed by atoms with Crippen LogP contribution < -0.4 is 24.8 Å². The van der Waals surface area contributed by atoms with Crippen LogP contribution in [0.3, 0.4) is 0 Å². The minimum atomic E-state index is 0. The van der Waals surface area contributed by atoms with E-state index in [9.17, 15) is 0 Å². The molecule has 2 N–H and O–H groups in total. The minimum absolute atomic E-state index is 0. The van der Waals surface area contributed by atoms with Crippen molar-refractivity contribution < 1.29 is 35.0 Å². The molecule has 0 aliphatic carbocycles. The Morgan fingerprint density at radius 1 is 0.778 bits per heavy atom. The minimum Gasteiger partial charge on any atom is -1.00 e. The van der Waals surface area contributed by atoms with Crippen LogP contribution in [-0.4, -0.2) is 46.5 Å². The molecule has 0 aliphatic rings. The van der Waals surface area contributed by atoms with Crippen molar-refractivity contribution in [2.75, 3.05) is 13.2 Å². The van der Waals surface area contributed by atoms with Gasteiger partial charge in [-0.3, -0.25) is 0 Å². The molecule has 0 rings (SSSR count). The summed E-state index contributed by atoms with van der Waals surface area (Å²) in [6, 6.07) is 0. The van der Waals surface area contributed by atoms with Crippen molar-refractivity contribution >= 4 is 23.1 Å². The van der Waals surface area contributed by atoms with E-state index in [1.54, 1.807) is 0 Å². The molecule has 0 heterocycles. The zero-order valence-electron chi connectivity index (χ0n) is 5.19. The first kappa shape index (κ1) is 22.4. The molecule has 9 heavy (non-hydrogen) atoms. The molecule has 0 aliphatic heterocycles. The van der Waals surface area contributed by atoms with E-state index in [1.165, 1.54) is 0 Å². The molecule has 0 atom stereocenters. The summed E-state index contributed by atoms with van der Waals surface area (Å²) in [5.41, 5.74) is 0. The summed E-state index contributed by atoms with van der Waals surface area (Å²) < 4.78 is 0. The van der Waals surface area contributed by atoms with Crippen molar-refractivity contribution in [1.82, 2.24) is 0 Å². The molecular weight excluding hydrogens is 175 g/mol. The average molecular weight is 185 g/mol. The number of hydrogen-bond acceptors (Lipinski definition) is 2. The Hall–Kier alpha value is 1.27. The molecule has 0 aromatic rings. The molecule has 0 saturated carbocycles. The topological polar surface area (TPSA) is 40.5 Å². The van der Waals surface area contributed by atoms with Crippen molar-refractivity contribution in [1.29, 1.82) is 0 Å². The number of aliphatic hydroxyl groups is 2. The van der Waals surface area contributed by atoms with Crippen LogP contribution in [0.2, 0.25) is 0 Å². The second-order valence-corrected chi connectivity index (χ2v) is 1.15. The van der Waals surface area contributed by atoms with Gasteiger partial charge in [0, 0.05) is 13.2 Å². The largest absolute Gasteiger partial charge is 2.00 e. The van der Waals surface area contributed by atoms with E-state index in [1.807, 2.05) is 0 Å². The van der Waals surface area contributed by atoms with Gasteiger partial charge in [0.05, 0.1) is 0 Å². The maximum atomic E-state index is 8.09. The fraction of sp³-hybridized carbons (Fsp3) is 1.00. The predicted octanol–water partition coefficient (Wildman–Crippen LogP) is -6.62. The van der Waals surface area contributed by atoms with Gasteiger partial charge in [-0.05, 0) is 12.8 Å². The van der Waals surface area contributed by atoms with E-state index in [0.29, 0.717) is 0 Å². The summed E-state index contributed by atoms with van der Waals surface area (Å²) in [7, 11) is 0. The SMILES string of the molecule is OCCCCO.[Cl-].[Cl-].[Mg+2]. The standard InChI is InChI=1S/C4H10O2.2ClH.Mg/c5-3-1-2-4-6;;;/h5-6H,1-4H2;2*1H;/q;;;+2/p-2. The molecule has 0 bridgehead atoms. The van der Waals surface area contributed by atoms with Crippen LogP contribution in [-0.2, 0) is 0 Å². The number of halogens is 2. The third-order valence-electron chi connectivity index (χ3n) is 0.566. The van der Waals surface area contributed by atoms with Crippen molar-refractivity contribution in [3.63, 3.8) is 0 Å². The van der Waals surface area contributed by atoms with E-state index in [-0.39, 0.29) is 61.1 Å². The predicted molar refractivity (Wildman–Crippen MR) is 29.2 cm³/mol. The Bertz CT molecular complexity index is 28.5. The summed E-state index contributed by atoms with van der Waals surface area (Å²) in [4.78, 5) is 0. The molecule has 0 fully saturated rings. The molecule has 0 saturated heterocycles. The number of aliphatic hydroxyl groups excluding tert-OH is 2. The molecule has 54 valence electrons. The Balaban J connectivity index is -0.0000000417. The van der Waals surface area contributed by atoms with Gasteiger partial charge in [0.25, 0.3) is 0 Å².